The van der Waals surface area contributed by atoms with Crippen molar-refractivity contribution in [2.45, 2.75) is 63.2 Å². The zero-order valence-corrected chi connectivity index (χ0v) is 39.8. The number of hydrogen-bond donors (Lipinski definition) is 4. The number of rotatable bonds is 16. The van der Waals surface area contributed by atoms with E-state index in [2.05, 4.69) is 40.8 Å². The van der Waals surface area contributed by atoms with Crippen LogP contribution in [0, 0.1) is 15.5 Å². The van der Waals surface area contributed by atoms with Crippen molar-refractivity contribution < 1.29 is 60.2 Å². The van der Waals surface area contributed by atoms with E-state index in [1.54, 1.807) is 30.5 Å². The molecule has 362 valence electrons. The summed E-state index contributed by atoms with van der Waals surface area (Å²) in [6.07, 6.45) is 6.08. The lowest BCUT2D eigenvalue weighted by Gasteiger charge is -2.39. The molecule has 68 heavy (non-hydrogen) atoms. The number of nitro groups is 1. The minimum atomic E-state index is -4.89. The van der Waals surface area contributed by atoms with Crippen molar-refractivity contribution in [1.29, 1.82) is 0 Å². The first kappa shape index (κ1) is 49.0. The summed E-state index contributed by atoms with van der Waals surface area (Å²) in [5, 5.41) is 13.3. The first-order valence-electron chi connectivity index (χ1n) is 21.9. The molecule has 0 saturated carbocycles. The quantitative estimate of drug-likeness (QED) is 0.0322. The maximum Gasteiger partial charge on any atom is 0.472 e. The molecule has 0 unspecified atom stereocenters. The summed E-state index contributed by atoms with van der Waals surface area (Å²) in [6.45, 7) is 7.31. The number of phosphoric acid groups is 1. The van der Waals surface area contributed by atoms with E-state index in [1.807, 2.05) is 16.9 Å². The minimum absolute atomic E-state index is 0.0267. The lowest BCUT2D eigenvalue weighted by atomic mass is 9.72. The molecule has 3 aliphatic rings. The van der Waals surface area contributed by atoms with Crippen LogP contribution in [0.25, 0.3) is 16.6 Å². The molecule has 0 spiro atoms. The highest BCUT2D eigenvalue weighted by atomic mass is 35.5. The van der Waals surface area contributed by atoms with Crippen LogP contribution in [0.5, 0.6) is 17.2 Å². The van der Waals surface area contributed by atoms with E-state index >= 15 is 4.39 Å². The predicted molar refractivity (Wildman–Crippen MR) is 250 cm³/mol. The summed E-state index contributed by atoms with van der Waals surface area (Å²) in [6, 6.07) is 18.8. The Morgan fingerprint density at radius 2 is 1.75 bits per heavy atom. The molecule has 2 saturated heterocycles. The number of aromatic amines is 1. The number of phosphoric ester groups is 1. The van der Waals surface area contributed by atoms with Crippen molar-refractivity contribution in [2.24, 2.45) is 5.41 Å². The molecule has 18 nitrogen and oxygen atoms in total. The Hall–Kier alpha value is -5.44. The van der Waals surface area contributed by atoms with Crippen molar-refractivity contribution in [3.8, 4) is 17.2 Å². The molecule has 1 amide bonds. The van der Waals surface area contributed by atoms with E-state index < -0.39 is 58.3 Å². The molecule has 4 N–H and O–H groups in total. The fourth-order valence-corrected chi connectivity index (χ4v) is 10.1. The highest BCUT2D eigenvalue weighted by Crippen LogP contribution is 2.44. The number of allylic oxidation sites excluding steroid dienone is 1. The van der Waals surface area contributed by atoms with Crippen molar-refractivity contribution in [1.82, 2.24) is 14.6 Å². The fourth-order valence-electron chi connectivity index (χ4n) is 8.70. The molecule has 0 radical (unpaired) electrons. The van der Waals surface area contributed by atoms with E-state index in [0.717, 1.165) is 57.1 Å². The summed E-state index contributed by atoms with van der Waals surface area (Å²) < 4.78 is 79.5. The van der Waals surface area contributed by atoms with Crippen molar-refractivity contribution in [3.05, 3.63) is 117 Å². The topological polar surface area (TPSA) is 227 Å². The normalized spacial score (nSPS) is 17.8. The van der Waals surface area contributed by atoms with Gasteiger partial charge in [-0.2, -0.15) is 0 Å². The van der Waals surface area contributed by atoms with Crippen LogP contribution in [-0.2, 0) is 30.6 Å². The van der Waals surface area contributed by atoms with Gasteiger partial charge in [0.25, 0.3) is 21.6 Å². The van der Waals surface area contributed by atoms with E-state index in [1.165, 1.54) is 33.5 Å². The van der Waals surface area contributed by atoms with Gasteiger partial charge in [0.05, 0.1) is 27.0 Å². The molecule has 2 aromatic heterocycles. The summed E-state index contributed by atoms with van der Waals surface area (Å²) in [4.78, 5) is 51.0. The maximum atomic E-state index is 15.2. The molecule has 1 aliphatic carbocycles. The number of anilines is 1. The third-order valence-corrected chi connectivity index (χ3v) is 14.5. The van der Waals surface area contributed by atoms with E-state index in [0.29, 0.717) is 34.8 Å². The molecule has 0 atom stereocenters. The Balaban J connectivity index is 1.05. The summed E-state index contributed by atoms with van der Waals surface area (Å²) in [7, 11) is -9.67. The van der Waals surface area contributed by atoms with Crippen LogP contribution in [-0.4, -0.2) is 97.1 Å². The van der Waals surface area contributed by atoms with Gasteiger partial charge < -0.3 is 28.9 Å². The number of H-pyrrole nitrogens is 1. The van der Waals surface area contributed by atoms with Crippen LogP contribution in [0.2, 0.25) is 5.02 Å². The van der Waals surface area contributed by atoms with E-state index in [4.69, 9.17) is 30.3 Å². The maximum absolute atomic E-state index is 15.2. The number of nitrogens with zero attached hydrogens (tertiary/aromatic N) is 4. The number of aromatic nitrogens is 2. The first-order valence-corrected chi connectivity index (χ1v) is 25.3. The SMILES string of the molecule is CC1(C)CCC(CN2CCN(c3ccc(C(=O)NS(=O)(=O)c4ccc(OCC5(F)CCOCC5)c([N+](=O)[O-])c4)c(Oc4cc5cc[nH]c5[n+](COP(=O)(O)O)c4)c3)CC2)=C(c2ccc(Cl)cc2)C1. The van der Waals surface area contributed by atoms with Crippen LogP contribution in [0.3, 0.4) is 0 Å². The number of carbonyl (C=O) groups excluding carboxylic acids is 1. The molecule has 2 fully saturated rings. The van der Waals surface area contributed by atoms with Crippen molar-refractivity contribution in [3.63, 3.8) is 0 Å². The molecule has 0 bridgehead atoms. The van der Waals surface area contributed by atoms with Crippen LogP contribution >= 0.6 is 19.4 Å². The number of piperazine rings is 1. The Morgan fingerprint density at radius 3 is 2.46 bits per heavy atom. The number of halogens is 2. The lowest BCUT2D eigenvalue weighted by Crippen LogP contribution is -2.47. The van der Waals surface area contributed by atoms with Gasteiger partial charge in [-0.1, -0.05) is 43.2 Å². The predicted octanol–water partition coefficient (Wildman–Crippen LogP) is 7.68. The Bertz CT molecular complexity index is 2900. The van der Waals surface area contributed by atoms with Gasteiger partial charge in [-0.05, 0) is 78.3 Å². The third-order valence-electron chi connectivity index (χ3n) is 12.5. The van der Waals surface area contributed by atoms with Gasteiger partial charge in [0, 0.05) is 87.7 Å². The second-order valence-electron chi connectivity index (χ2n) is 18.0. The van der Waals surface area contributed by atoms with Crippen LogP contribution < -0.4 is 23.7 Å². The van der Waals surface area contributed by atoms with Crippen LogP contribution in [0.15, 0.2) is 95.7 Å². The molecule has 2 aliphatic heterocycles. The molecular weight excluding hydrogens is 946 g/mol. The first-order chi connectivity index (χ1) is 32.2. The Labute approximate surface area is 397 Å². The van der Waals surface area contributed by atoms with E-state index in [-0.39, 0.29) is 54.3 Å². The Morgan fingerprint density at radius 1 is 1.01 bits per heavy atom. The van der Waals surface area contributed by atoms with Gasteiger partial charge in [-0.25, -0.2) is 36.2 Å². The van der Waals surface area contributed by atoms with Gasteiger partial charge in [-0.15, -0.1) is 0 Å². The fraction of sp³-hybridized carbons (Fsp3) is 0.391. The zero-order chi connectivity index (χ0) is 48.4. The highest BCUT2D eigenvalue weighted by Gasteiger charge is 2.35. The number of hydrogen-bond acceptors (Lipinski definition) is 12. The van der Waals surface area contributed by atoms with Gasteiger partial charge in [0.15, 0.2) is 11.5 Å². The molecular formula is C46H52ClFN6O12PS+. The molecule has 8 rings (SSSR count). The standard InChI is InChI=1S/C46H51ClFN6O12PS/c1-45(2)13-11-33(39(26-45)31-3-5-34(47)6-4-31)27-51-17-19-52(20-18-51)35-7-9-38(42(24-35)66-36-23-32-12-16-49-43(32)53(28-36)30-65-67(58,59)60)44(55)50-68(61,62)37-8-10-41(40(25-37)54(56)57)64-29-46(48)14-21-63-22-15-46/h3-10,12,16,23-25,28H,11,13-15,17-22,26-27,29-30H2,1-2H3,(H3,50,55,58,59,60)/p+1. The number of pyridine rings is 1. The lowest BCUT2D eigenvalue weighted by molar-refractivity contribution is -0.703. The minimum Gasteiger partial charge on any atom is -0.483 e. The smallest absolute Gasteiger partial charge is 0.472 e. The number of nitrogens with one attached hydrogen (secondary N) is 2. The summed E-state index contributed by atoms with van der Waals surface area (Å²) in [5.74, 6) is -1.44. The number of nitro benzene ring substituents is 1. The highest BCUT2D eigenvalue weighted by molar-refractivity contribution is 7.90. The summed E-state index contributed by atoms with van der Waals surface area (Å²) in [5.41, 5.74) is 2.46. The molecule has 22 heteroatoms. The molecule has 4 heterocycles. The monoisotopic (exact) mass is 997 g/mol. The van der Waals surface area contributed by atoms with Gasteiger partial charge in [0.2, 0.25) is 6.73 Å². The zero-order valence-electron chi connectivity index (χ0n) is 37.4. The second-order valence-corrected chi connectivity index (χ2v) is 21.4. The van der Waals surface area contributed by atoms with Gasteiger partial charge in [-0.3, -0.25) is 19.8 Å². The average Bonchev–Trinajstić information content (AvgIpc) is 3.77. The number of fused-ring (bicyclic) bond motifs is 1. The van der Waals surface area contributed by atoms with E-state index in [9.17, 15) is 37.7 Å². The number of carbonyl (C=O) groups is 1. The van der Waals surface area contributed by atoms with Crippen LogP contribution in [0.4, 0.5) is 15.8 Å². The van der Waals surface area contributed by atoms with Crippen molar-refractivity contribution >= 4 is 63.3 Å². The van der Waals surface area contributed by atoms with Crippen molar-refractivity contribution in [2.75, 3.05) is 57.4 Å². The molecule has 5 aromatic rings. The Kier molecular flexibility index (Phi) is 14.3. The number of alkyl halides is 1. The van der Waals surface area contributed by atoms with Crippen LogP contribution in [0.1, 0.15) is 61.9 Å². The second kappa shape index (κ2) is 19.9. The molecule has 3 aromatic carbocycles. The number of ether oxygens (including phenoxy) is 3. The number of amides is 1. The average molecular weight is 998 g/mol. The number of benzene rings is 3. The summed E-state index contributed by atoms with van der Waals surface area (Å²) >= 11 is 6.24. The van der Waals surface area contributed by atoms with Gasteiger partial charge >= 0.3 is 13.5 Å². The largest absolute Gasteiger partial charge is 0.483 e. The van der Waals surface area contributed by atoms with Gasteiger partial charge in [0.1, 0.15) is 24.2 Å². The third kappa shape index (κ3) is 11.9. The number of sulfonamides is 1.